The van der Waals surface area contributed by atoms with Gasteiger partial charge in [0.05, 0.1) is 38.8 Å². The zero-order valence-corrected chi connectivity index (χ0v) is 14.6. The molecular weight excluding hydrogens is 324 g/mol. The van der Waals surface area contributed by atoms with Crippen molar-refractivity contribution in [3.63, 3.8) is 0 Å². The van der Waals surface area contributed by atoms with E-state index in [2.05, 4.69) is 15.4 Å². The molecule has 0 unspecified atom stereocenters. The van der Waals surface area contributed by atoms with Gasteiger partial charge < -0.3 is 19.5 Å². The number of amides is 1. The third kappa shape index (κ3) is 3.90. The summed E-state index contributed by atoms with van der Waals surface area (Å²) in [6, 6.07) is 1.51. The first kappa shape index (κ1) is 17.2. The largest absolute Gasteiger partial charge is 0.494 e. The van der Waals surface area contributed by atoms with Crippen molar-refractivity contribution < 1.29 is 19.0 Å². The number of carbonyl (C=O) groups is 1. The molecule has 1 aliphatic rings. The Morgan fingerprint density at radius 1 is 1.44 bits per heavy atom. The van der Waals surface area contributed by atoms with E-state index in [4.69, 9.17) is 14.2 Å². The van der Waals surface area contributed by atoms with Gasteiger partial charge >= 0.3 is 0 Å². The first-order chi connectivity index (χ1) is 12.1. The summed E-state index contributed by atoms with van der Waals surface area (Å²) in [5.74, 6) is 0.783. The van der Waals surface area contributed by atoms with Crippen LogP contribution in [0.1, 0.15) is 23.0 Å². The first-order valence-corrected chi connectivity index (χ1v) is 8.19. The molecule has 0 bridgehead atoms. The van der Waals surface area contributed by atoms with Gasteiger partial charge in [-0.15, -0.1) is 0 Å². The molecule has 8 heteroatoms. The summed E-state index contributed by atoms with van der Waals surface area (Å²) >= 11 is 0. The summed E-state index contributed by atoms with van der Waals surface area (Å²) in [6.45, 7) is 5.44. The highest BCUT2D eigenvalue weighted by molar-refractivity contribution is 5.95. The van der Waals surface area contributed by atoms with Crippen LogP contribution < -0.4 is 14.8 Å². The third-order valence-electron chi connectivity index (χ3n) is 3.99. The quantitative estimate of drug-likeness (QED) is 0.845. The minimum atomic E-state index is -0.315. The topological polar surface area (TPSA) is 87.5 Å². The minimum absolute atomic E-state index is 0.248. The van der Waals surface area contributed by atoms with Crippen LogP contribution in [-0.4, -0.2) is 53.1 Å². The number of hydrogen-bond acceptors (Lipinski definition) is 6. The van der Waals surface area contributed by atoms with Crippen molar-refractivity contribution in [3.05, 3.63) is 35.9 Å². The second-order valence-electron chi connectivity index (χ2n) is 5.87. The molecule has 0 spiro atoms. The van der Waals surface area contributed by atoms with Gasteiger partial charge in [0.1, 0.15) is 11.9 Å². The van der Waals surface area contributed by atoms with Gasteiger partial charge in [-0.1, -0.05) is 0 Å². The molecule has 25 heavy (non-hydrogen) atoms. The SMILES string of the molecule is CCn1cc(O[C@@H]2COC[C@@H]2NC(=O)c2ncc(C)cc2OC)cn1. The van der Waals surface area contributed by atoms with Crippen molar-refractivity contribution in [3.8, 4) is 11.5 Å². The highest BCUT2D eigenvalue weighted by Crippen LogP contribution is 2.20. The van der Waals surface area contributed by atoms with Crippen LogP contribution in [0.15, 0.2) is 24.7 Å². The van der Waals surface area contributed by atoms with E-state index in [0.717, 1.165) is 12.1 Å². The van der Waals surface area contributed by atoms with Gasteiger partial charge in [0.25, 0.3) is 5.91 Å². The highest BCUT2D eigenvalue weighted by atomic mass is 16.5. The lowest BCUT2D eigenvalue weighted by Gasteiger charge is -2.20. The lowest BCUT2D eigenvalue weighted by Crippen LogP contribution is -2.45. The second-order valence-corrected chi connectivity index (χ2v) is 5.87. The van der Waals surface area contributed by atoms with Crippen molar-refractivity contribution in [2.45, 2.75) is 32.5 Å². The number of aryl methyl sites for hydroxylation is 2. The van der Waals surface area contributed by atoms with Crippen molar-refractivity contribution in [1.29, 1.82) is 0 Å². The van der Waals surface area contributed by atoms with Crippen LogP contribution in [0, 0.1) is 6.92 Å². The number of hydrogen-bond donors (Lipinski definition) is 1. The highest BCUT2D eigenvalue weighted by Gasteiger charge is 2.32. The number of pyridine rings is 1. The molecule has 1 aliphatic heterocycles. The molecule has 134 valence electrons. The molecule has 3 rings (SSSR count). The van der Waals surface area contributed by atoms with Gasteiger partial charge in [0.15, 0.2) is 11.4 Å². The number of aromatic nitrogens is 3. The minimum Gasteiger partial charge on any atom is -0.494 e. The van der Waals surface area contributed by atoms with E-state index in [0.29, 0.717) is 24.7 Å². The maximum atomic E-state index is 12.6. The Labute approximate surface area is 146 Å². The Morgan fingerprint density at radius 3 is 3.00 bits per heavy atom. The van der Waals surface area contributed by atoms with Crippen molar-refractivity contribution in [2.24, 2.45) is 0 Å². The summed E-state index contributed by atoms with van der Waals surface area (Å²) in [5, 5.41) is 7.10. The normalized spacial score (nSPS) is 19.6. The van der Waals surface area contributed by atoms with Crippen LogP contribution in [0.3, 0.4) is 0 Å². The number of carbonyl (C=O) groups excluding carboxylic acids is 1. The predicted octanol–water partition coefficient (Wildman–Crippen LogP) is 1.19. The number of rotatable bonds is 6. The number of nitrogens with zero attached hydrogens (tertiary/aromatic N) is 3. The van der Waals surface area contributed by atoms with Crippen LogP contribution in [0.4, 0.5) is 0 Å². The fraction of sp³-hybridized carbons (Fsp3) is 0.471. The average Bonchev–Trinajstić information content (AvgIpc) is 3.24. The summed E-state index contributed by atoms with van der Waals surface area (Å²) in [7, 11) is 1.52. The monoisotopic (exact) mass is 346 g/mol. The van der Waals surface area contributed by atoms with Crippen LogP contribution in [-0.2, 0) is 11.3 Å². The molecular formula is C17H22N4O4. The lowest BCUT2D eigenvalue weighted by atomic mass is 10.2. The van der Waals surface area contributed by atoms with Gasteiger partial charge in [0.2, 0.25) is 0 Å². The van der Waals surface area contributed by atoms with Gasteiger partial charge in [-0.3, -0.25) is 9.48 Å². The molecule has 1 saturated heterocycles. The zero-order valence-electron chi connectivity index (χ0n) is 14.6. The van der Waals surface area contributed by atoms with Crippen LogP contribution >= 0.6 is 0 Å². The summed E-state index contributed by atoms with van der Waals surface area (Å²) in [5.41, 5.74) is 1.17. The van der Waals surface area contributed by atoms with Crippen molar-refractivity contribution in [1.82, 2.24) is 20.1 Å². The molecule has 0 saturated carbocycles. The summed E-state index contributed by atoms with van der Waals surface area (Å²) < 4.78 is 18.4. The number of methoxy groups -OCH3 is 1. The van der Waals surface area contributed by atoms with Crippen molar-refractivity contribution >= 4 is 5.91 Å². The predicted molar refractivity (Wildman–Crippen MR) is 89.9 cm³/mol. The lowest BCUT2D eigenvalue weighted by molar-refractivity contribution is 0.0895. The molecule has 2 atom stereocenters. The van der Waals surface area contributed by atoms with Crippen LogP contribution in [0.2, 0.25) is 0 Å². The van der Waals surface area contributed by atoms with E-state index in [-0.39, 0.29) is 23.7 Å². The molecule has 1 fully saturated rings. The van der Waals surface area contributed by atoms with E-state index in [1.54, 1.807) is 23.1 Å². The van der Waals surface area contributed by atoms with Crippen LogP contribution in [0.5, 0.6) is 11.5 Å². The molecule has 0 aliphatic carbocycles. The van der Waals surface area contributed by atoms with Crippen LogP contribution in [0.25, 0.3) is 0 Å². The Morgan fingerprint density at radius 2 is 2.28 bits per heavy atom. The number of ether oxygens (including phenoxy) is 3. The van der Waals surface area contributed by atoms with Gasteiger partial charge in [-0.2, -0.15) is 5.10 Å². The zero-order chi connectivity index (χ0) is 17.8. The Kier molecular flexibility index (Phi) is 5.18. The average molecular weight is 346 g/mol. The van der Waals surface area contributed by atoms with E-state index < -0.39 is 0 Å². The maximum absolute atomic E-state index is 12.6. The fourth-order valence-electron chi connectivity index (χ4n) is 2.64. The van der Waals surface area contributed by atoms with Crippen molar-refractivity contribution in [2.75, 3.05) is 20.3 Å². The van der Waals surface area contributed by atoms with E-state index in [9.17, 15) is 4.79 Å². The van der Waals surface area contributed by atoms with E-state index >= 15 is 0 Å². The van der Waals surface area contributed by atoms with Gasteiger partial charge in [0, 0.05) is 12.7 Å². The standard InChI is InChI=1S/C17H22N4O4/c1-4-21-8-12(7-19-21)25-15-10-24-9-13(15)20-17(22)16-14(23-3)5-11(2)6-18-16/h5-8,13,15H,4,9-10H2,1-3H3,(H,20,22)/t13-,15+/m0/s1. The smallest absolute Gasteiger partial charge is 0.274 e. The first-order valence-electron chi connectivity index (χ1n) is 8.19. The molecule has 0 aromatic carbocycles. The molecule has 2 aromatic rings. The Hall–Kier alpha value is -2.61. The molecule has 2 aromatic heterocycles. The molecule has 1 N–H and O–H groups in total. The fourth-order valence-corrected chi connectivity index (χ4v) is 2.64. The van der Waals surface area contributed by atoms with E-state index in [1.165, 1.54) is 7.11 Å². The Bertz CT molecular complexity index is 746. The van der Waals surface area contributed by atoms with Gasteiger partial charge in [-0.25, -0.2) is 4.98 Å². The summed E-state index contributed by atoms with van der Waals surface area (Å²) in [4.78, 5) is 16.7. The molecule has 0 radical (unpaired) electrons. The number of nitrogens with one attached hydrogen (secondary N) is 1. The molecule has 8 nitrogen and oxygen atoms in total. The second kappa shape index (κ2) is 7.52. The molecule has 3 heterocycles. The Balaban J connectivity index is 1.67. The van der Waals surface area contributed by atoms with Gasteiger partial charge in [-0.05, 0) is 25.5 Å². The summed E-state index contributed by atoms with van der Waals surface area (Å²) in [6.07, 6.45) is 4.83. The third-order valence-corrected chi connectivity index (χ3v) is 3.99. The maximum Gasteiger partial charge on any atom is 0.274 e. The van der Waals surface area contributed by atoms with E-state index in [1.807, 2.05) is 20.0 Å². The molecule has 1 amide bonds.